The van der Waals surface area contributed by atoms with Gasteiger partial charge in [-0.05, 0) is 31.0 Å². The second-order valence-electron chi connectivity index (χ2n) is 5.79. The van der Waals surface area contributed by atoms with Crippen molar-refractivity contribution in [2.24, 2.45) is 0 Å². The number of nitrogens with zero attached hydrogens (tertiary/aromatic N) is 1. The van der Waals surface area contributed by atoms with Crippen LogP contribution in [0.25, 0.3) is 11.1 Å². The minimum Gasteiger partial charge on any atom is -0.440 e. The maximum absolute atomic E-state index is 12.2. The molecule has 22 heavy (non-hydrogen) atoms. The third-order valence-electron chi connectivity index (χ3n) is 3.97. The lowest BCUT2D eigenvalue weighted by Gasteiger charge is -2.23. The van der Waals surface area contributed by atoms with Crippen LogP contribution in [0.5, 0.6) is 0 Å². The molecule has 1 saturated carbocycles. The van der Waals surface area contributed by atoms with Crippen molar-refractivity contribution in [3.63, 3.8) is 0 Å². The molecule has 1 saturated heterocycles. The maximum atomic E-state index is 12.2. The van der Waals surface area contributed by atoms with E-state index in [0.29, 0.717) is 43.4 Å². The molecule has 1 aliphatic carbocycles. The smallest absolute Gasteiger partial charge is 0.251 e. The number of hydrogen-bond donors (Lipinski definition) is 1. The summed E-state index contributed by atoms with van der Waals surface area (Å²) in [5.74, 6) is 1.12. The Balaban J connectivity index is 1.44. The molecular formula is C16H18N2O4. The van der Waals surface area contributed by atoms with E-state index in [-0.39, 0.29) is 12.0 Å². The van der Waals surface area contributed by atoms with E-state index in [4.69, 9.17) is 13.9 Å². The average molecular weight is 302 g/mol. The van der Waals surface area contributed by atoms with Gasteiger partial charge in [-0.1, -0.05) is 0 Å². The van der Waals surface area contributed by atoms with Crippen LogP contribution in [0.4, 0.5) is 0 Å². The van der Waals surface area contributed by atoms with Gasteiger partial charge in [-0.15, -0.1) is 0 Å². The molecule has 4 rings (SSSR count). The van der Waals surface area contributed by atoms with Crippen molar-refractivity contribution in [1.29, 1.82) is 0 Å². The molecule has 0 bridgehead atoms. The van der Waals surface area contributed by atoms with Crippen LogP contribution in [-0.4, -0.2) is 43.4 Å². The van der Waals surface area contributed by atoms with Crippen LogP contribution in [0.2, 0.25) is 0 Å². The lowest BCUT2D eigenvalue weighted by molar-refractivity contribution is -0.0855. The fourth-order valence-electron chi connectivity index (χ4n) is 2.55. The molecule has 1 amide bonds. The number of nitrogens with one attached hydrogen (secondary N) is 1. The summed E-state index contributed by atoms with van der Waals surface area (Å²) >= 11 is 0. The summed E-state index contributed by atoms with van der Waals surface area (Å²) in [6, 6.07) is 5.36. The van der Waals surface area contributed by atoms with Crippen molar-refractivity contribution >= 4 is 17.0 Å². The van der Waals surface area contributed by atoms with Gasteiger partial charge in [-0.3, -0.25) is 4.79 Å². The van der Waals surface area contributed by atoms with Gasteiger partial charge in [0.15, 0.2) is 11.5 Å². The third kappa shape index (κ3) is 2.84. The molecule has 1 aromatic carbocycles. The molecule has 1 aromatic heterocycles. The van der Waals surface area contributed by atoms with Gasteiger partial charge in [0.2, 0.25) is 0 Å². The number of ether oxygens (including phenoxy) is 2. The van der Waals surface area contributed by atoms with Crippen molar-refractivity contribution in [2.45, 2.75) is 24.9 Å². The van der Waals surface area contributed by atoms with Crippen molar-refractivity contribution in [1.82, 2.24) is 10.3 Å². The van der Waals surface area contributed by atoms with Crippen LogP contribution >= 0.6 is 0 Å². The minimum absolute atomic E-state index is 0.0758. The highest BCUT2D eigenvalue weighted by Crippen LogP contribution is 2.40. The van der Waals surface area contributed by atoms with E-state index < -0.39 is 0 Å². The number of hydrogen-bond acceptors (Lipinski definition) is 5. The molecule has 2 aliphatic rings. The Labute approximate surface area is 127 Å². The molecule has 6 heteroatoms. The molecule has 1 unspecified atom stereocenters. The van der Waals surface area contributed by atoms with Crippen LogP contribution in [0.15, 0.2) is 22.6 Å². The SMILES string of the molecule is O=C(NCC1COCCO1)c1ccc2nc(C3CC3)oc2c1. The molecule has 2 fully saturated rings. The first-order valence-corrected chi connectivity index (χ1v) is 7.67. The van der Waals surface area contributed by atoms with Crippen molar-refractivity contribution in [2.75, 3.05) is 26.4 Å². The summed E-state index contributed by atoms with van der Waals surface area (Å²) in [7, 11) is 0. The standard InChI is InChI=1S/C16H18N2O4/c19-15(17-8-12-9-20-5-6-21-12)11-3-4-13-14(7-11)22-16(18-13)10-1-2-10/h3-4,7,10,12H,1-2,5-6,8-9H2,(H,17,19). The van der Waals surface area contributed by atoms with Gasteiger partial charge in [0, 0.05) is 18.0 Å². The molecule has 2 aromatic rings. The monoisotopic (exact) mass is 302 g/mol. The van der Waals surface area contributed by atoms with E-state index >= 15 is 0 Å². The summed E-state index contributed by atoms with van der Waals surface area (Å²) in [6.45, 7) is 2.16. The second-order valence-corrected chi connectivity index (χ2v) is 5.79. The molecule has 1 atom stereocenters. The van der Waals surface area contributed by atoms with Gasteiger partial charge >= 0.3 is 0 Å². The zero-order valence-corrected chi connectivity index (χ0v) is 12.2. The van der Waals surface area contributed by atoms with Crippen LogP contribution in [-0.2, 0) is 9.47 Å². The summed E-state index contributed by atoms with van der Waals surface area (Å²) in [6.07, 6.45) is 2.21. The fraction of sp³-hybridized carbons (Fsp3) is 0.500. The first-order valence-electron chi connectivity index (χ1n) is 7.67. The zero-order chi connectivity index (χ0) is 14.9. The van der Waals surface area contributed by atoms with Crippen molar-refractivity contribution < 1.29 is 18.7 Å². The number of benzene rings is 1. The number of carbonyl (C=O) groups is 1. The fourth-order valence-corrected chi connectivity index (χ4v) is 2.55. The average Bonchev–Trinajstić information content (AvgIpc) is 3.32. The van der Waals surface area contributed by atoms with E-state index in [2.05, 4.69) is 10.3 Å². The largest absolute Gasteiger partial charge is 0.440 e. The number of aromatic nitrogens is 1. The number of amides is 1. The Morgan fingerprint density at radius 3 is 3.00 bits per heavy atom. The van der Waals surface area contributed by atoms with E-state index in [1.54, 1.807) is 12.1 Å². The predicted molar refractivity (Wildman–Crippen MR) is 78.9 cm³/mol. The van der Waals surface area contributed by atoms with Crippen LogP contribution in [0.1, 0.15) is 35.0 Å². The van der Waals surface area contributed by atoms with Crippen molar-refractivity contribution in [3.8, 4) is 0 Å². The van der Waals surface area contributed by atoms with E-state index in [0.717, 1.165) is 24.2 Å². The van der Waals surface area contributed by atoms with E-state index in [1.165, 1.54) is 0 Å². The Morgan fingerprint density at radius 2 is 2.23 bits per heavy atom. The first kappa shape index (κ1) is 13.7. The van der Waals surface area contributed by atoms with E-state index in [1.807, 2.05) is 6.07 Å². The summed E-state index contributed by atoms with van der Waals surface area (Å²) in [5.41, 5.74) is 2.05. The van der Waals surface area contributed by atoms with Gasteiger partial charge in [-0.2, -0.15) is 0 Å². The predicted octanol–water partition coefficient (Wildman–Crippen LogP) is 1.85. The molecule has 0 spiro atoms. The highest BCUT2D eigenvalue weighted by Gasteiger charge is 2.29. The summed E-state index contributed by atoms with van der Waals surface area (Å²) < 4.78 is 16.6. The number of rotatable bonds is 4. The first-order chi connectivity index (χ1) is 10.8. The molecule has 0 radical (unpaired) electrons. The Morgan fingerprint density at radius 1 is 1.32 bits per heavy atom. The van der Waals surface area contributed by atoms with Gasteiger partial charge < -0.3 is 19.2 Å². The quantitative estimate of drug-likeness (QED) is 0.933. The third-order valence-corrected chi connectivity index (χ3v) is 3.97. The molecule has 2 heterocycles. The molecule has 116 valence electrons. The molecule has 1 aliphatic heterocycles. The van der Waals surface area contributed by atoms with Crippen LogP contribution < -0.4 is 5.32 Å². The van der Waals surface area contributed by atoms with Crippen molar-refractivity contribution in [3.05, 3.63) is 29.7 Å². The molecule has 6 nitrogen and oxygen atoms in total. The minimum atomic E-state index is -0.138. The number of oxazole rings is 1. The molecule has 1 N–H and O–H groups in total. The van der Waals surface area contributed by atoms with Gasteiger partial charge in [0.1, 0.15) is 5.52 Å². The lowest BCUT2D eigenvalue weighted by Crippen LogP contribution is -2.39. The number of fused-ring (bicyclic) bond motifs is 1. The van der Waals surface area contributed by atoms with Crippen LogP contribution in [0.3, 0.4) is 0 Å². The van der Waals surface area contributed by atoms with Crippen LogP contribution in [0, 0.1) is 0 Å². The van der Waals surface area contributed by atoms with Gasteiger partial charge in [0.25, 0.3) is 5.91 Å². The Bertz CT molecular complexity index is 687. The highest BCUT2D eigenvalue weighted by molar-refractivity contribution is 5.97. The molecular weight excluding hydrogens is 284 g/mol. The lowest BCUT2D eigenvalue weighted by atomic mass is 10.2. The summed E-state index contributed by atoms with van der Waals surface area (Å²) in [4.78, 5) is 16.7. The second kappa shape index (κ2) is 5.70. The van der Waals surface area contributed by atoms with Gasteiger partial charge in [0.05, 0.1) is 25.9 Å². The van der Waals surface area contributed by atoms with E-state index in [9.17, 15) is 4.79 Å². The normalized spacial score (nSPS) is 21.9. The zero-order valence-electron chi connectivity index (χ0n) is 12.2. The Hall–Kier alpha value is -1.92. The maximum Gasteiger partial charge on any atom is 0.251 e. The Kier molecular flexibility index (Phi) is 3.56. The van der Waals surface area contributed by atoms with Gasteiger partial charge in [-0.25, -0.2) is 4.98 Å². The topological polar surface area (TPSA) is 73.6 Å². The number of carbonyl (C=O) groups excluding carboxylic acids is 1. The summed E-state index contributed by atoms with van der Waals surface area (Å²) in [5, 5.41) is 2.87. The highest BCUT2D eigenvalue weighted by atomic mass is 16.6.